The maximum Gasteiger partial charge on any atom is 0.289 e. The Kier molecular flexibility index (Phi) is 5.87. The van der Waals surface area contributed by atoms with Gasteiger partial charge in [-0.05, 0) is 6.04 Å². The van der Waals surface area contributed by atoms with Crippen molar-refractivity contribution in [3.8, 4) is 35.9 Å². The smallest absolute Gasteiger partial charge is 0.125 e. The van der Waals surface area contributed by atoms with Gasteiger partial charge in [-0.25, -0.2) is 0 Å². The van der Waals surface area contributed by atoms with Crippen molar-refractivity contribution in [2.24, 2.45) is 0 Å². The molecule has 0 aliphatic heterocycles. The number of rotatable bonds is 5. The van der Waals surface area contributed by atoms with Gasteiger partial charge >= 0.3 is 0 Å². The average Bonchev–Trinajstić information content (AvgIpc) is 2.20. The highest BCUT2D eigenvalue weighted by atomic mass is 28.3. The Morgan fingerprint density at radius 2 is 1.46 bits per heavy atom. The summed E-state index contributed by atoms with van der Waals surface area (Å²) >= 11 is 0. The molecule has 0 atom stereocenters. The van der Waals surface area contributed by atoms with Gasteiger partial charge in [-0.15, -0.1) is 35.9 Å². The lowest BCUT2D eigenvalue weighted by Gasteiger charge is -2.10. The number of unbranched alkanes of at least 4 members (excludes halogenated alkanes) is 3. The van der Waals surface area contributed by atoms with Gasteiger partial charge in [-0.2, -0.15) is 0 Å². The fourth-order valence-electron chi connectivity index (χ4n) is 1.16. The van der Waals surface area contributed by atoms with E-state index in [1.54, 1.807) is 0 Å². The normalized spacial score (nSPS) is 9.69. The van der Waals surface area contributed by atoms with Crippen molar-refractivity contribution in [1.82, 2.24) is 0 Å². The van der Waals surface area contributed by atoms with Gasteiger partial charge in [-0.1, -0.05) is 32.6 Å². The molecular weight excluding hydrogens is 172 g/mol. The molecule has 0 radical (unpaired) electrons. The molecule has 0 aromatic rings. The van der Waals surface area contributed by atoms with E-state index in [2.05, 4.69) is 23.6 Å². The molecule has 1 heteroatoms. The van der Waals surface area contributed by atoms with E-state index >= 15 is 0 Å². The zero-order chi connectivity index (χ0) is 10.2. The van der Waals surface area contributed by atoms with Crippen LogP contribution < -0.4 is 0 Å². The van der Waals surface area contributed by atoms with Crippen molar-refractivity contribution in [1.29, 1.82) is 0 Å². The summed E-state index contributed by atoms with van der Waals surface area (Å²) in [6.07, 6.45) is 20.8. The monoisotopic (exact) mass is 188 g/mol. The number of hydrogen-bond acceptors (Lipinski definition) is 0. The highest BCUT2D eigenvalue weighted by molar-refractivity contribution is 7.00. The Hall–Kier alpha value is -1.10. The molecule has 0 nitrogen and oxygen atoms in total. The summed E-state index contributed by atoms with van der Waals surface area (Å²) in [5.74, 6) is 0. The molecule has 0 amide bonds. The average molecular weight is 188 g/mol. The highest BCUT2D eigenvalue weighted by Gasteiger charge is 2.25. The van der Waals surface area contributed by atoms with Crippen molar-refractivity contribution < 1.29 is 0 Å². The van der Waals surface area contributed by atoms with Crippen LogP contribution in [-0.4, -0.2) is 8.07 Å². The zero-order valence-electron chi connectivity index (χ0n) is 8.27. The van der Waals surface area contributed by atoms with Gasteiger partial charge in [0, 0.05) is 0 Å². The molecule has 13 heavy (non-hydrogen) atoms. The molecule has 0 aromatic carbocycles. The Morgan fingerprint density at radius 1 is 0.923 bits per heavy atom. The molecule has 0 spiro atoms. The first kappa shape index (κ1) is 11.9. The van der Waals surface area contributed by atoms with Crippen LogP contribution in [-0.2, 0) is 0 Å². The van der Waals surface area contributed by atoms with Crippen LogP contribution in [0.4, 0.5) is 0 Å². The Morgan fingerprint density at radius 3 is 1.85 bits per heavy atom. The summed E-state index contributed by atoms with van der Waals surface area (Å²) in [6, 6.07) is 0.885. The minimum absolute atomic E-state index is 0.885. The maximum atomic E-state index is 5.37. The molecule has 0 aliphatic rings. The molecular formula is C12H16Si. The number of terminal acetylenes is 3. The van der Waals surface area contributed by atoms with E-state index in [4.69, 9.17) is 19.3 Å². The van der Waals surface area contributed by atoms with Gasteiger partial charge in [0.1, 0.15) is 0 Å². The van der Waals surface area contributed by atoms with Gasteiger partial charge in [0.25, 0.3) is 8.07 Å². The fourth-order valence-corrected chi connectivity index (χ4v) is 2.62. The van der Waals surface area contributed by atoms with Crippen LogP contribution >= 0.6 is 0 Å². The third-order valence-electron chi connectivity index (χ3n) is 2.14. The fraction of sp³-hybridized carbons (Fsp3) is 0.500. The van der Waals surface area contributed by atoms with E-state index in [0.29, 0.717) is 0 Å². The van der Waals surface area contributed by atoms with E-state index in [-0.39, 0.29) is 0 Å². The number of hydrogen-bond donors (Lipinski definition) is 0. The standard InChI is InChI=1S/C12H16Si/c1-5-9-10-11-12-13(6-2,7-3)8-4/h2-4H,5,9-12H2,1H3. The van der Waals surface area contributed by atoms with Crippen LogP contribution in [0.1, 0.15) is 32.6 Å². The summed E-state index contributed by atoms with van der Waals surface area (Å²) in [5, 5.41) is 0. The lowest BCUT2D eigenvalue weighted by atomic mass is 10.2. The van der Waals surface area contributed by atoms with Gasteiger partial charge in [0.15, 0.2) is 0 Å². The molecule has 68 valence electrons. The Bertz CT molecular complexity index is 220. The van der Waals surface area contributed by atoms with Crippen LogP contribution in [0.15, 0.2) is 0 Å². The molecule has 0 rings (SSSR count). The van der Waals surface area contributed by atoms with E-state index in [1.165, 1.54) is 19.3 Å². The maximum absolute atomic E-state index is 5.37. The molecule has 0 heterocycles. The van der Waals surface area contributed by atoms with Gasteiger partial charge in [0.2, 0.25) is 0 Å². The SMILES string of the molecule is C#C[Si](C#C)(C#C)CCCCCC. The van der Waals surface area contributed by atoms with E-state index in [1.807, 2.05) is 0 Å². The van der Waals surface area contributed by atoms with Crippen LogP contribution in [0.25, 0.3) is 0 Å². The first-order valence-corrected chi connectivity index (χ1v) is 6.88. The Labute approximate surface area is 83.1 Å². The molecule has 0 bridgehead atoms. The zero-order valence-corrected chi connectivity index (χ0v) is 9.27. The quantitative estimate of drug-likeness (QED) is 0.353. The third kappa shape index (κ3) is 3.89. The lowest BCUT2D eigenvalue weighted by molar-refractivity contribution is 0.699. The van der Waals surface area contributed by atoms with E-state index in [0.717, 1.165) is 12.5 Å². The molecule has 0 saturated heterocycles. The summed E-state index contributed by atoms with van der Waals surface area (Å²) in [4.78, 5) is 0. The molecule has 0 aliphatic carbocycles. The van der Waals surface area contributed by atoms with Gasteiger partial charge in [-0.3, -0.25) is 0 Å². The molecule has 0 saturated carbocycles. The first-order chi connectivity index (χ1) is 6.24. The van der Waals surface area contributed by atoms with Crippen LogP contribution in [0.2, 0.25) is 6.04 Å². The first-order valence-electron chi connectivity index (χ1n) is 4.68. The second-order valence-electron chi connectivity index (χ2n) is 3.15. The van der Waals surface area contributed by atoms with Gasteiger partial charge < -0.3 is 0 Å². The topological polar surface area (TPSA) is 0 Å². The van der Waals surface area contributed by atoms with E-state index < -0.39 is 8.07 Å². The van der Waals surface area contributed by atoms with Crippen LogP contribution in [0, 0.1) is 35.9 Å². The molecule has 0 unspecified atom stereocenters. The largest absolute Gasteiger partial charge is 0.289 e. The van der Waals surface area contributed by atoms with E-state index in [9.17, 15) is 0 Å². The van der Waals surface area contributed by atoms with Crippen molar-refractivity contribution in [2.75, 3.05) is 0 Å². The predicted molar refractivity (Wildman–Crippen MR) is 61.2 cm³/mol. The molecule has 0 aromatic heterocycles. The minimum atomic E-state index is -2.18. The van der Waals surface area contributed by atoms with Crippen molar-refractivity contribution in [2.45, 2.75) is 38.7 Å². The van der Waals surface area contributed by atoms with Gasteiger partial charge in [0.05, 0.1) is 0 Å². The second-order valence-corrected chi connectivity index (χ2v) is 6.33. The molecule has 0 N–H and O–H groups in total. The summed E-state index contributed by atoms with van der Waals surface area (Å²) in [7, 11) is -2.18. The Balaban J connectivity index is 3.96. The lowest BCUT2D eigenvalue weighted by Crippen LogP contribution is -2.29. The third-order valence-corrected chi connectivity index (χ3v) is 4.73. The highest BCUT2D eigenvalue weighted by Crippen LogP contribution is 2.13. The summed E-state index contributed by atoms with van der Waals surface area (Å²) < 4.78 is 0. The van der Waals surface area contributed by atoms with Crippen molar-refractivity contribution in [3.05, 3.63) is 0 Å². The summed E-state index contributed by atoms with van der Waals surface area (Å²) in [5.41, 5.74) is 7.98. The minimum Gasteiger partial charge on any atom is -0.125 e. The molecule has 0 fully saturated rings. The second kappa shape index (κ2) is 6.42. The predicted octanol–water partition coefficient (Wildman–Crippen LogP) is 2.53. The summed E-state index contributed by atoms with van der Waals surface area (Å²) in [6.45, 7) is 2.17. The van der Waals surface area contributed by atoms with Crippen LogP contribution in [0.5, 0.6) is 0 Å². The van der Waals surface area contributed by atoms with Crippen LogP contribution in [0.3, 0.4) is 0 Å². The van der Waals surface area contributed by atoms with Crippen molar-refractivity contribution >= 4 is 8.07 Å². The van der Waals surface area contributed by atoms with Crippen molar-refractivity contribution in [3.63, 3.8) is 0 Å².